The van der Waals surface area contributed by atoms with Gasteiger partial charge >= 0.3 is 0 Å². The summed E-state index contributed by atoms with van der Waals surface area (Å²) in [5.74, 6) is -0.0559. The number of nitrogens with zero attached hydrogens (tertiary/aromatic N) is 2. The van der Waals surface area contributed by atoms with Crippen LogP contribution in [0.4, 0.5) is 5.95 Å². The van der Waals surface area contributed by atoms with Crippen LogP contribution in [0.2, 0.25) is 5.02 Å². The number of hydrogen-bond acceptors (Lipinski definition) is 5. The molecule has 0 aliphatic heterocycles. The number of nitrogens with one attached hydrogen (secondary N) is 2. The number of ether oxygens (including phenoxy) is 1. The third kappa shape index (κ3) is 4.27. The number of benzene rings is 1. The second-order valence-electron chi connectivity index (χ2n) is 5.98. The number of aromatic amines is 1. The lowest BCUT2D eigenvalue weighted by atomic mass is 10.0. The van der Waals surface area contributed by atoms with E-state index >= 15 is 0 Å². The molecule has 0 atom stereocenters. The van der Waals surface area contributed by atoms with Gasteiger partial charge in [-0.3, -0.25) is 4.79 Å². The van der Waals surface area contributed by atoms with Crippen molar-refractivity contribution in [1.29, 1.82) is 0 Å². The van der Waals surface area contributed by atoms with Crippen molar-refractivity contribution in [2.24, 2.45) is 0 Å². The first kappa shape index (κ1) is 18.9. The molecule has 0 aliphatic carbocycles. The molecule has 0 radical (unpaired) electrons. The van der Waals surface area contributed by atoms with Crippen molar-refractivity contribution in [1.82, 2.24) is 20.3 Å². The van der Waals surface area contributed by atoms with Crippen LogP contribution in [-0.4, -0.2) is 41.1 Å². The summed E-state index contributed by atoms with van der Waals surface area (Å²) in [4.78, 5) is 24.2. The third-order valence-corrected chi connectivity index (χ3v) is 4.31. The summed E-state index contributed by atoms with van der Waals surface area (Å²) < 4.78 is 4.99. The predicted molar refractivity (Wildman–Crippen MR) is 106 cm³/mol. The summed E-state index contributed by atoms with van der Waals surface area (Å²) in [7, 11) is 1.58. The standard InChI is InChI=1S/C19H20ClN5O2/c1-11-3-4-12(20)9-13(11)17-14(18(26)22-7-8-27-2)10-16(24-17)15-5-6-23-19(21)25-15/h3-6,9-10,24H,7-8H2,1-2H3,(H,22,26)(H2,21,23,25). The zero-order chi connectivity index (χ0) is 19.4. The Labute approximate surface area is 161 Å². The molecule has 8 heteroatoms. The summed E-state index contributed by atoms with van der Waals surface area (Å²) in [6.07, 6.45) is 1.57. The molecule has 0 spiro atoms. The SMILES string of the molecule is COCCNC(=O)c1cc(-c2ccnc(N)n2)[nH]c1-c1cc(Cl)ccc1C. The molecule has 3 rings (SSSR count). The number of hydrogen-bond donors (Lipinski definition) is 3. The maximum Gasteiger partial charge on any atom is 0.253 e. The van der Waals surface area contributed by atoms with Gasteiger partial charge in [0.05, 0.1) is 29.3 Å². The Morgan fingerprint density at radius 3 is 2.89 bits per heavy atom. The molecule has 2 heterocycles. The highest BCUT2D eigenvalue weighted by Gasteiger charge is 2.19. The van der Waals surface area contributed by atoms with E-state index in [-0.39, 0.29) is 11.9 Å². The zero-order valence-electron chi connectivity index (χ0n) is 15.0. The summed E-state index contributed by atoms with van der Waals surface area (Å²) >= 11 is 6.18. The van der Waals surface area contributed by atoms with Crippen LogP contribution >= 0.6 is 11.6 Å². The second kappa shape index (κ2) is 8.20. The molecular weight excluding hydrogens is 366 g/mol. The minimum atomic E-state index is -0.217. The Morgan fingerprint density at radius 1 is 1.33 bits per heavy atom. The fraction of sp³-hybridized carbons (Fsp3) is 0.211. The molecule has 27 heavy (non-hydrogen) atoms. The van der Waals surface area contributed by atoms with E-state index in [0.29, 0.717) is 40.8 Å². The highest BCUT2D eigenvalue weighted by atomic mass is 35.5. The van der Waals surface area contributed by atoms with E-state index in [1.54, 1.807) is 25.4 Å². The van der Waals surface area contributed by atoms with E-state index in [9.17, 15) is 4.79 Å². The normalized spacial score (nSPS) is 10.8. The van der Waals surface area contributed by atoms with Gasteiger partial charge in [0.15, 0.2) is 0 Å². The molecule has 0 saturated carbocycles. The number of H-pyrrole nitrogens is 1. The maximum absolute atomic E-state index is 12.7. The van der Waals surface area contributed by atoms with Crippen molar-refractivity contribution in [2.45, 2.75) is 6.92 Å². The van der Waals surface area contributed by atoms with Gasteiger partial charge in [0, 0.05) is 30.4 Å². The Morgan fingerprint density at radius 2 is 2.15 bits per heavy atom. The van der Waals surface area contributed by atoms with Crippen molar-refractivity contribution in [3.8, 4) is 22.6 Å². The highest BCUT2D eigenvalue weighted by molar-refractivity contribution is 6.31. The number of carbonyl (C=O) groups excluding carboxylic acids is 1. The molecule has 0 bridgehead atoms. The minimum Gasteiger partial charge on any atom is -0.383 e. The fourth-order valence-electron chi connectivity index (χ4n) is 2.73. The van der Waals surface area contributed by atoms with Gasteiger partial charge in [0.25, 0.3) is 5.91 Å². The number of halogens is 1. The van der Waals surface area contributed by atoms with Crippen LogP contribution in [0.15, 0.2) is 36.5 Å². The molecule has 1 amide bonds. The number of anilines is 1. The van der Waals surface area contributed by atoms with Gasteiger partial charge in [-0.05, 0) is 36.8 Å². The summed E-state index contributed by atoms with van der Waals surface area (Å²) in [6.45, 7) is 2.79. The van der Waals surface area contributed by atoms with Crippen molar-refractivity contribution in [2.75, 3.05) is 26.0 Å². The monoisotopic (exact) mass is 385 g/mol. The number of rotatable bonds is 6. The van der Waals surface area contributed by atoms with Gasteiger partial charge in [-0.1, -0.05) is 17.7 Å². The lowest BCUT2D eigenvalue weighted by molar-refractivity contribution is 0.0938. The van der Waals surface area contributed by atoms with Gasteiger partial charge in [-0.2, -0.15) is 0 Å². The summed E-state index contributed by atoms with van der Waals surface area (Å²) in [5, 5.41) is 3.43. The summed E-state index contributed by atoms with van der Waals surface area (Å²) in [5.41, 5.74) is 9.93. The minimum absolute atomic E-state index is 0.161. The average molecular weight is 386 g/mol. The van der Waals surface area contributed by atoms with Crippen LogP contribution in [0, 0.1) is 6.92 Å². The van der Waals surface area contributed by atoms with Gasteiger partial charge in [0.2, 0.25) is 5.95 Å². The van der Waals surface area contributed by atoms with E-state index in [0.717, 1.165) is 11.1 Å². The van der Waals surface area contributed by atoms with Crippen LogP contribution < -0.4 is 11.1 Å². The predicted octanol–water partition coefficient (Wildman–Crippen LogP) is 3.06. The molecule has 0 aliphatic rings. The van der Waals surface area contributed by atoms with Gasteiger partial charge in [0.1, 0.15) is 0 Å². The Kier molecular flexibility index (Phi) is 5.73. The topological polar surface area (TPSA) is 106 Å². The quantitative estimate of drug-likeness (QED) is 0.565. The van der Waals surface area contributed by atoms with E-state index in [1.807, 2.05) is 25.1 Å². The van der Waals surface area contributed by atoms with Crippen LogP contribution in [0.1, 0.15) is 15.9 Å². The molecular formula is C19H20ClN5O2. The lowest BCUT2D eigenvalue weighted by Crippen LogP contribution is -2.27. The van der Waals surface area contributed by atoms with Crippen LogP contribution in [0.25, 0.3) is 22.6 Å². The first-order chi connectivity index (χ1) is 13.0. The van der Waals surface area contributed by atoms with Crippen molar-refractivity contribution < 1.29 is 9.53 Å². The number of aryl methyl sites for hydroxylation is 1. The second-order valence-corrected chi connectivity index (χ2v) is 6.42. The lowest BCUT2D eigenvalue weighted by Gasteiger charge is -2.09. The molecule has 2 aromatic heterocycles. The third-order valence-electron chi connectivity index (χ3n) is 4.07. The van der Waals surface area contributed by atoms with Gasteiger partial charge in [-0.25, -0.2) is 9.97 Å². The first-order valence-electron chi connectivity index (χ1n) is 8.35. The van der Waals surface area contributed by atoms with Crippen molar-refractivity contribution in [3.05, 3.63) is 52.7 Å². The number of aromatic nitrogens is 3. The molecule has 140 valence electrons. The Hall–Kier alpha value is -2.90. The smallest absolute Gasteiger partial charge is 0.253 e. The number of nitrogens with two attached hydrogens (primary N) is 1. The number of methoxy groups -OCH3 is 1. The van der Waals surface area contributed by atoms with Crippen LogP contribution in [0.3, 0.4) is 0 Å². The molecule has 0 unspecified atom stereocenters. The van der Waals surface area contributed by atoms with Gasteiger partial charge in [-0.15, -0.1) is 0 Å². The first-order valence-corrected chi connectivity index (χ1v) is 8.73. The largest absolute Gasteiger partial charge is 0.383 e. The molecule has 1 aromatic carbocycles. The number of carbonyl (C=O) groups is 1. The van der Waals surface area contributed by atoms with Crippen LogP contribution in [0.5, 0.6) is 0 Å². The molecule has 0 fully saturated rings. The van der Waals surface area contributed by atoms with Crippen molar-refractivity contribution in [3.63, 3.8) is 0 Å². The Balaban J connectivity index is 2.09. The Bertz CT molecular complexity index is 970. The number of amides is 1. The number of nitrogen functional groups attached to an aromatic ring is 1. The average Bonchev–Trinajstić information content (AvgIpc) is 3.09. The van der Waals surface area contributed by atoms with Crippen molar-refractivity contribution >= 4 is 23.5 Å². The van der Waals surface area contributed by atoms with Gasteiger partial charge < -0.3 is 20.8 Å². The molecule has 0 saturated heterocycles. The highest BCUT2D eigenvalue weighted by Crippen LogP contribution is 2.32. The maximum atomic E-state index is 12.7. The van der Waals surface area contributed by atoms with Crippen LogP contribution in [-0.2, 0) is 4.74 Å². The molecule has 3 aromatic rings. The van der Waals surface area contributed by atoms with E-state index < -0.39 is 0 Å². The fourth-order valence-corrected chi connectivity index (χ4v) is 2.91. The van der Waals surface area contributed by atoms with E-state index in [4.69, 9.17) is 22.1 Å². The zero-order valence-corrected chi connectivity index (χ0v) is 15.8. The summed E-state index contributed by atoms with van der Waals surface area (Å²) in [6, 6.07) is 9.02. The van der Waals surface area contributed by atoms with E-state index in [1.165, 1.54) is 0 Å². The molecule has 7 nitrogen and oxygen atoms in total. The van der Waals surface area contributed by atoms with E-state index in [2.05, 4.69) is 20.3 Å². The molecule has 4 N–H and O–H groups in total.